The van der Waals surface area contributed by atoms with Crippen LogP contribution < -0.4 is 5.32 Å². The predicted molar refractivity (Wildman–Crippen MR) is 68.9 cm³/mol. The summed E-state index contributed by atoms with van der Waals surface area (Å²) < 4.78 is 0.666. The third-order valence-corrected chi connectivity index (χ3v) is 3.61. The minimum atomic E-state index is -1.94. The fraction of sp³-hybridized carbons (Fsp3) is 0.455. The Morgan fingerprint density at radius 3 is 2.67 bits per heavy atom. The van der Waals surface area contributed by atoms with Gasteiger partial charge in [0.05, 0.1) is 10.9 Å². The van der Waals surface area contributed by atoms with Crippen LogP contribution in [0, 0.1) is 0 Å². The molecule has 1 unspecified atom stereocenters. The average molecular weight is 292 g/mol. The smallest absolute Gasteiger partial charge is 0.337 e. The minimum Gasteiger partial charge on any atom is -0.479 e. The van der Waals surface area contributed by atoms with Crippen molar-refractivity contribution in [3.63, 3.8) is 0 Å². The van der Waals surface area contributed by atoms with Gasteiger partial charge in [0, 0.05) is 11.3 Å². The van der Waals surface area contributed by atoms with Crippen LogP contribution >= 0.6 is 22.9 Å². The summed E-state index contributed by atoms with van der Waals surface area (Å²) in [5, 5.41) is 20.4. The first-order valence-electron chi connectivity index (χ1n) is 5.28. The molecule has 0 bridgehead atoms. The van der Waals surface area contributed by atoms with Crippen molar-refractivity contribution in [1.82, 2.24) is 5.32 Å². The SMILES string of the molecule is CC(O)(CNC(=O)CCc1ccc(Cl)s1)C(=O)O. The van der Waals surface area contributed by atoms with Gasteiger partial charge < -0.3 is 15.5 Å². The first kappa shape index (κ1) is 14.9. The Labute approximate surface area is 113 Å². The van der Waals surface area contributed by atoms with Crippen molar-refractivity contribution in [2.45, 2.75) is 25.4 Å². The van der Waals surface area contributed by atoms with Crippen LogP contribution in [0.15, 0.2) is 12.1 Å². The molecule has 0 aromatic carbocycles. The summed E-state index contributed by atoms with van der Waals surface area (Å²) in [6.45, 7) is 0.820. The molecule has 1 atom stereocenters. The molecule has 3 N–H and O–H groups in total. The van der Waals surface area contributed by atoms with Crippen LogP contribution in [0.5, 0.6) is 0 Å². The van der Waals surface area contributed by atoms with Gasteiger partial charge in [-0.15, -0.1) is 11.3 Å². The Balaban J connectivity index is 2.32. The van der Waals surface area contributed by atoms with E-state index in [9.17, 15) is 14.7 Å². The van der Waals surface area contributed by atoms with Crippen LogP contribution in [0.4, 0.5) is 0 Å². The first-order chi connectivity index (χ1) is 8.31. The molecule has 7 heteroatoms. The molecule has 1 amide bonds. The molecule has 0 aliphatic carbocycles. The second kappa shape index (κ2) is 6.17. The van der Waals surface area contributed by atoms with Gasteiger partial charge >= 0.3 is 5.97 Å². The number of carboxylic acids is 1. The highest BCUT2D eigenvalue weighted by Crippen LogP contribution is 2.22. The van der Waals surface area contributed by atoms with Gasteiger partial charge in [-0.05, 0) is 25.5 Å². The molecule has 0 spiro atoms. The molecule has 0 saturated carbocycles. The molecule has 0 fully saturated rings. The van der Waals surface area contributed by atoms with Crippen LogP contribution in [0.3, 0.4) is 0 Å². The number of aliphatic hydroxyl groups is 1. The third-order valence-electron chi connectivity index (χ3n) is 2.32. The Morgan fingerprint density at radius 1 is 1.50 bits per heavy atom. The van der Waals surface area contributed by atoms with Crippen LogP contribution in [-0.2, 0) is 16.0 Å². The Hall–Kier alpha value is -1.11. The lowest BCUT2D eigenvalue weighted by Gasteiger charge is -2.18. The molecule has 1 rings (SSSR count). The topological polar surface area (TPSA) is 86.6 Å². The molecule has 1 aromatic rings. The van der Waals surface area contributed by atoms with E-state index in [0.29, 0.717) is 10.8 Å². The van der Waals surface area contributed by atoms with E-state index in [1.54, 1.807) is 6.07 Å². The largest absolute Gasteiger partial charge is 0.479 e. The van der Waals surface area contributed by atoms with E-state index in [2.05, 4.69) is 5.32 Å². The van der Waals surface area contributed by atoms with Crippen molar-refractivity contribution >= 4 is 34.8 Å². The average Bonchev–Trinajstić information content (AvgIpc) is 2.69. The summed E-state index contributed by atoms with van der Waals surface area (Å²) in [5.41, 5.74) is -1.94. The van der Waals surface area contributed by atoms with E-state index in [0.717, 1.165) is 11.8 Å². The lowest BCUT2D eigenvalue weighted by molar-refractivity contribution is -0.156. The van der Waals surface area contributed by atoms with E-state index in [1.807, 2.05) is 6.07 Å². The van der Waals surface area contributed by atoms with Crippen molar-refractivity contribution in [3.05, 3.63) is 21.3 Å². The van der Waals surface area contributed by atoms with Crippen molar-refractivity contribution < 1.29 is 19.8 Å². The lowest BCUT2D eigenvalue weighted by atomic mass is 10.1. The minimum absolute atomic E-state index is 0.229. The number of carbonyl (C=O) groups excluding carboxylic acids is 1. The normalized spacial score (nSPS) is 13.9. The quantitative estimate of drug-likeness (QED) is 0.737. The zero-order chi connectivity index (χ0) is 13.8. The van der Waals surface area contributed by atoms with Crippen LogP contribution in [0.1, 0.15) is 18.2 Å². The molecule has 0 radical (unpaired) electrons. The van der Waals surface area contributed by atoms with E-state index >= 15 is 0 Å². The maximum absolute atomic E-state index is 11.4. The van der Waals surface area contributed by atoms with Gasteiger partial charge in [0.15, 0.2) is 5.60 Å². The number of amides is 1. The van der Waals surface area contributed by atoms with Crippen molar-refractivity contribution in [2.24, 2.45) is 0 Å². The number of aliphatic carboxylic acids is 1. The molecule has 1 aromatic heterocycles. The first-order valence-corrected chi connectivity index (χ1v) is 6.47. The van der Waals surface area contributed by atoms with Crippen LogP contribution in [0.25, 0.3) is 0 Å². The second-order valence-corrected chi connectivity index (χ2v) is 5.86. The standard InChI is InChI=1S/C11H14ClNO4S/c1-11(17,10(15)16)6-13-9(14)5-3-7-2-4-8(12)18-7/h2,4,17H,3,5-6H2,1H3,(H,13,14)(H,15,16). The number of carboxylic acid groups (broad SMARTS) is 1. The Bertz CT molecular complexity index is 444. The number of hydrogen-bond acceptors (Lipinski definition) is 4. The summed E-state index contributed by atoms with van der Waals surface area (Å²) in [7, 11) is 0. The van der Waals surface area contributed by atoms with Gasteiger partial charge in [-0.25, -0.2) is 4.79 Å². The Kier molecular flexibility index (Phi) is 5.13. The monoisotopic (exact) mass is 291 g/mol. The Morgan fingerprint density at radius 2 is 2.17 bits per heavy atom. The van der Waals surface area contributed by atoms with Crippen molar-refractivity contribution in [2.75, 3.05) is 6.54 Å². The van der Waals surface area contributed by atoms with Gasteiger partial charge in [0.1, 0.15) is 0 Å². The summed E-state index contributed by atoms with van der Waals surface area (Å²) in [4.78, 5) is 23.0. The lowest BCUT2D eigenvalue weighted by Crippen LogP contribution is -2.46. The molecule has 5 nitrogen and oxygen atoms in total. The van der Waals surface area contributed by atoms with Gasteiger partial charge in [-0.3, -0.25) is 4.79 Å². The highest BCUT2D eigenvalue weighted by molar-refractivity contribution is 7.16. The van der Waals surface area contributed by atoms with Gasteiger partial charge in [-0.1, -0.05) is 11.6 Å². The maximum Gasteiger partial charge on any atom is 0.337 e. The molecule has 0 aliphatic rings. The van der Waals surface area contributed by atoms with Crippen LogP contribution in [0.2, 0.25) is 4.34 Å². The molecule has 0 aliphatic heterocycles. The summed E-state index contributed by atoms with van der Waals surface area (Å²) in [6.07, 6.45) is 0.769. The number of aryl methyl sites for hydroxylation is 1. The molecule has 18 heavy (non-hydrogen) atoms. The second-order valence-electron chi connectivity index (χ2n) is 4.06. The van der Waals surface area contributed by atoms with E-state index < -0.39 is 11.6 Å². The fourth-order valence-electron chi connectivity index (χ4n) is 1.16. The number of thiophene rings is 1. The zero-order valence-electron chi connectivity index (χ0n) is 9.77. The summed E-state index contributed by atoms with van der Waals surface area (Å²) in [5.74, 6) is -1.67. The van der Waals surface area contributed by atoms with Gasteiger partial charge in [0.25, 0.3) is 0 Å². The zero-order valence-corrected chi connectivity index (χ0v) is 11.3. The van der Waals surface area contributed by atoms with E-state index in [1.165, 1.54) is 11.3 Å². The number of rotatable bonds is 6. The number of hydrogen-bond donors (Lipinski definition) is 3. The van der Waals surface area contributed by atoms with Crippen LogP contribution in [-0.4, -0.2) is 34.2 Å². The molecular weight excluding hydrogens is 278 g/mol. The number of carbonyl (C=O) groups is 2. The number of halogens is 1. The number of nitrogens with one attached hydrogen (secondary N) is 1. The van der Waals surface area contributed by atoms with Gasteiger partial charge in [-0.2, -0.15) is 0 Å². The van der Waals surface area contributed by atoms with Crippen molar-refractivity contribution in [1.29, 1.82) is 0 Å². The highest BCUT2D eigenvalue weighted by atomic mass is 35.5. The maximum atomic E-state index is 11.4. The molecule has 100 valence electrons. The van der Waals surface area contributed by atoms with E-state index in [-0.39, 0.29) is 18.9 Å². The predicted octanol–water partition coefficient (Wildman–Crippen LogP) is 1.29. The molecule has 1 heterocycles. The van der Waals surface area contributed by atoms with E-state index in [4.69, 9.17) is 16.7 Å². The summed E-state index contributed by atoms with van der Waals surface area (Å²) >= 11 is 7.15. The van der Waals surface area contributed by atoms with Crippen molar-refractivity contribution in [3.8, 4) is 0 Å². The molecular formula is C11H14ClNO4S. The third kappa shape index (κ3) is 4.64. The van der Waals surface area contributed by atoms with Gasteiger partial charge in [0.2, 0.25) is 5.91 Å². The summed E-state index contributed by atoms with van der Waals surface area (Å²) in [6, 6.07) is 3.60. The fourth-order valence-corrected chi connectivity index (χ4v) is 2.24. The highest BCUT2D eigenvalue weighted by Gasteiger charge is 2.30. The molecule has 0 saturated heterocycles.